The van der Waals surface area contributed by atoms with Crippen LogP contribution in [0.25, 0.3) is 11.3 Å². The Bertz CT molecular complexity index is 1220. The van der Waals surface area contributed by atoms with Crippen LogP contribution < -0.4 is 16.0 Å². The fourth-order valence-corrected chi connectivity index (χ4v) is 3.70. The third-order valence-corrected chi connectivity index (χ3v) is 5.67. The number of ketones is 1. The molecular formula is C23H27N9O. The predicted octanol–water partition coefficient (Wildman–Crippen LogP) is 3.03. The van der Waals surface area contributed by atoms with Crippen molar-refractivity contribution in [3.8, 4) is 11.3 Å². The third kappa shape index (κ3) is 4.57. The van der Waals surface area contributed by atoms with Crippen molar-refractivity contribution in [1.82, 2.24) is 40.5 Å². The van der Waals surface area contributed by atoms with E-state index in [2.05, 4.69) is 52.8 Å². The average Bonchev–Trinajstić information content (AvgIpc) is 3.54. The van der Waals surface area contributed by atoms with Crippen LogP contribution in [-0.2, 0) is 6.54 Å². The number of carbonyl (C=O) groups is 1. The van der Waals surface area contributed by atoms with Crippen molar-refractivity contribution >= 4 is 17.3 Å². The van der Waals surface area contributed by atoms with E-state index in [4.69, 9.17) is 0 Å². The SMILES string of the molecule is CCCNCc1ncc(-c2ccc(Nc3nc[nH]c3C(=O)c3cnc(C4CCN4)[nH]3)cc2)[nH]1. The number of nitrogens with zero attached hydrogens (tertiary/aromatic N) is 3. The van der Waals surface area contributed by atoms with Gasteiger partial charge in [0.25, 0.3) is 0 Å². The van der Waals surface area contributed by atoms with Crippen molar-refractivity contribution in [2.75, 3.05) is 18.4 Å². The van der Waals surface area contributed by atoms with Gasteiger partial charge in [-0.3, -0.25) is 4.79 Å². The molecule has 6 N–H and O–H groups in total. The van der Waals surface area contributed by atoms with E-state index in [0.717, 1.165) is 61.1 Å². The lowest BCUT2D eigenvalue weighted by molar-refractivity contribution is 0.103. The van der Waals surface area contributed by atoms with Crippen LogP contribution in [-0.4, -0.2) is 48.8 Å². The second-order valence-corrected chi connectivity index (χ2v) is 8.06. The number of hydrogen-bond acceptors (Lipinski definition) is 7. The Hall–Kier alpha value is -3.76. The Balaban J connectivity index is 1.25. The maximum Gasteiger partial charge on any atom is 0.230 e. The summed E-state index contributed by atoms with van der Waals surface area (Å²) in [5, 5.41) is 9.84. The maximum absolute atomic E-state index is 13.0. The zero-order chi connectivity index (χ0) is 22.6. The summed E-state index contributed by atoms with van der Waals surface area (Å²) in [6.45, 7) is 4.80. The number of rotatable bonds is 10. The molecule has 4 aromatic rings. The van der Waals surface area contributed by atoms with Crippen molar-refractivity contribution in [2.24, 2.45) is 0 Å². The van der Waals surface area contributed by atoms with E-state index < -0.39 is 0 Å². The van der Waals surface area contributed by atoms with Crippen LogP contribution in [0.15, 0.2) is 43.0 Å². The van der Waals surface area contributed by atoms with Crippen LogP contribution in [0.1, 0.15) is 53.6 Å². The normalized spacial score (nSPS) is 15.4. The monoisotopic (exact) mass is 445 g/mol. The zero-order valence-corrected chi connectivity index (χ0v) is 18.4. The first-order valence-corrected chi connectivity index (χ1v) is 11.2. The maximum atomic E-state index is 13.0. The van der Waals surface area contributed by atoms with Gasteiger partial charge in [0.2, 0.25) is 5.78 Å². The van der Waals surface area contributed by atoms with E-state index in [9.17, 15) is 4.79 Å². The van der Waals surface area contributed by atoms with Gasteiger partial charge in [-0.15, -0.1) is 0 Å². The largest absolute Gasteiger partial charge is 0.341 e. The molecule has 1 fully saturated rings. The summed E-state index contributed by atoms with van der Waals surface area (Å²) in [5.41, 5.74) is 3.64. The van der Waals surface area contributed by atoms with Gasteiger partial charge in [0.05, 0.1) is 37.0 Å². The molecule has 0 amide bonds. The second-order valence-electron chi connectivity index (χ2n) is 8.06. The van der Waals surface area contributed by atoms with Crippen LogP contribution >= 0.6 is 0 Å². The molecule has 0 aliphatic carbocycles. The van der Waals surface area contributed by atoms with Gasteiger partial charge in [-0.1, -0.05) is 19.1 Å². The van der Waals surface area contributed by atoms with E-state index in [1.807, 2.05) is 30.5 Å². The lowest BCUT2D eigenvalue weighted by Gasteiger charge is -2.25. The molecule has 170 valence electrons. The molecule has 33 heavy (non-hydrogen) atoms. The minimum atomic E-state index is -0.189. The highest BCUT2D eigenvalue weighted by Gasteiger charge is 2.24. The standard InChI is InChI=1S/C23H27N9O/c1-2-8-24-12-19-26-10-17(31-19)14-3-5-15(6-4-14)30-23-20(28-13-29-23)21(33)18-11-27-22(32-18)16-7-9-25-16/h3-6,10-11,13,16,24-25,30H,2,7-9,12H2,1H3,(H,26,31)(H,27,32)(H,28,29). The highest BCUT2D eigenvalue weighted by Crippen LogP contribution is 2.25. The molecule has 5 rings (SSSR count). The minimum absolute atomic E-state index is 0.189. The molecule has 3 aromatic heterocycles. The van der Waals surface area contributed by atoms with Gasteiger partial charge in [-0.2, -0.15) is 0 Å². The fourth-order valence-electron chi connectivity index (χ4n) is 3.70. The fraction of sp³-hybridized carbons (Fsp3) is 0.304. The first-order chi connectivity index (χ1) is 16.2. The lowest BCUT2D eigenvalue weighted by Crippen LogP contribution is -2.35. The number of aromatic amines is 3. The molecule has 1 unspecified atom stereocenters. The number of aromatic nitrogens is 6. The van der Waals surface area contributed by atoms with E-state index >= 15 is 0 Å². The Morgan fingerprint density at radius 3 is 2.73 bits per heavy atom. The van der Waals surface area contributed by atoms with Gasteiger partial charge in [0.15, 0.2) is 5.82 Å². The highest BCUT2D eigenvalue weighted by molar-refractivity contribution is 6.09. The van der Waals surface area contributed by atoms with Crippen molar-refractivity contribution in [1.29, 1.82) is 0 Å². The van der Waals surface area contributed by atoms with Gasteiger partial charge in [0, 0.05) is 5.69 Å². The van der Waals surface area contributed by atoms with Crippen molar-refractivity contribution in [3.63, 3.8) is 0 Å². The van der Waals surface area contributed by atoms with Gasteiger partial charge in [-0.05, 0) is 43.6 Å². The summed E-state index contributed by atoms with van der Waals surface area (Å²) in [4.78, 5) is 35.5. The quantitative estimate of drug-likeness (QED) is 0.163. The first kappa shape index (κ1) is 21.1. The predicted molar refractivity (Wildman–Crippen MR) is 125 cm³/mol. The summed E-state index contributed by atoms with van der Waals surface area (Å²) in [6.07, 6.45) is 7.03. The summed E-state index contributed by atoms with van der Waals surface area (Å²) < 4.78 is 0. The number of carbonyl (C=O) groups excluding carboxylic acids is 1. The van der Waals surface area contributed by atoms with E-state index in [-0.39, 0.29) is 11.8 Å². The smallest absolute Gasteiger partial charge is 0.230 e. The minimum Gasteiger partial charge on any atom is -0.341 e. The van der Waals surface area contributed by atoms with Gasteiger partial charge >= 0.3 is 0 Å². The average molecular weight is 446 g/mol. The van der Waals surface area contributed by atoms with E-state index in [1.54, 1.807) is 6.20 Å². The Labute approximate surface area is 191 Å². The zero-order valence-electron chi connectivity index (χ0n) is 18.4. The molecule has 1 aliphatic heterocycles. The number of H-pyrrole nitrogens is 3. The molecule has 1 atom stereocenters. The molecule has 1 saturated heterocycles. The molecule has 0 radical (unpaired) electrons. The van der Waals surface area contributed by atoms with E-state index in [1.165, 1.54) is 6.33 Å². The molecule has 4 heterocycles. The van der Waals surface area contributed by atoms with Crippen LogP contribution in [0, 0.1) is 0 Å². The molecule has 0 bridgehead atoms. The molecule has 1 aliphatic rings. The van der Waals surface area contributed by atoms with E-state index in [0.29, 0.717) is 17.2 Å². The molecular weight excluding hydrogens is 418 g/mol. The van der Waals surface area contributed by atoms with Gasteiger partial charge < -0.3 is 30.9 Å². The molecule has 10 heteroatoms. The number of nitrogens with one attached hydrogen (secondary N) is 6. The summed E-state index contributed by atoms with van der Waals surface area (Å²) in [7, 11) is 0. The Kier molecular flexibility index (Phi) is 6.01. The first-order valence-electron chi connectivity index (χ1n) is 11.2. The summed E-state index contributed by atoms with van der Waals surface area (Å²) in [5.74, 6) is 1.98. The van der Waals surface area contributed by atoms with Crippen LogP contribution in [0.4, 0.5) is 11.5 Å². The van der Waals surface area contributed by atoms with Gasteiger partial charge in [-0.25, -0.2) is 15.0 Å². The second kappa shape index (κ2) is 9.39. The number of imidazole rings is 3. The topological polar surface area (TPSA) is 139 Å². The summed E-state index contributed by atoms with van der Waals surface area (Å²) in [6, 6.07) is 8.10. The van der Waals surface area contributed by atoms with Crippen LogP contribution in [0.5, 0.6) is 0 Å². The summed E-state index contributed by atoms with van der Waals surface area (Å²) >= 11 is 0. The molecule has 10 nitrogen and oxygen atoms in total. The highest BCUT2D eigenvalue weighted by atomic mass is 16.1. The van der Waals surface area contributed by atoms with Crippen molar-refractivity contribution < 1.29 is 4.79 Å². The van der Waals surface area contributed by atoms with Crippen LogP contribution in [0.2, 0.25) is 0 Å². The number of anilines is 2. The molecule has 1 aromatic carbocycles. The van der Waals surface area contributed by atoms with Crippen molar-refractivity contribution in [3.05, 3.63) is 66.0 Å². The van der Waals surface area contributed by atoms with Crippen molar-refractivity contribution in [2.45, 2.75) is 32.4 Å². The molecule has 0 saturated carbocycles. The van der Waals surface area contributed by atoms with Crippen LogP contribution in [0.3, 0.4) is 0 Å². The lowest BCUT2D eigenvalue weighted by atomic mass is 10.1. The molecule has 0 spiro atoms. The number of benzene rings is 1. The third-order valence-electron chi connectivity index (χ3n) is 5.67. The number of hydrogen-bond donors (Lipinski definition) is 6. The Morgan fingerprint density at radius 1 is 1.12 bits per heavy atom. The Morgan fingerprint density at radius 2 is 1.97 bits per heavy atom. The van der Waals surface area contributed by atoms with Gasteiger partial charge in [0.1, 0.15) is 23.0 Å².